The predicted octanol–water partition coefficient (Wildman–Crippen LogP) is 6.72. The molecular weight excluding hydrogens is 372 g/mol. The standard InChI is InChI=1S/C26H36N2O2/c1-7-19(8-2)25(29)27-23-13-11-21(15-17(23)5)22-12-14-24(18(6)16-22)28-26(30)20(9-3)10-4/h11-16,19-20H,7-10H2,1-6H3,(H,27,29)(H,28,30). The number of aryl methyl sites for hydroxylation is 2. The van der Waals surface area contributed by atoms with Gasteiger partial charge in [0.1, 0.15) is 0 Å². The molecule has 0 saturated carbocycles. The van der Waals surface area contributed by atoms with Gasteiger partial charge >= 0.3 is 0 Å². The van der Waals surface area contributed by atoms with Crippen LogP contribution in [0.1, 0.15) is 64.5 Å². The van der Waals surface area contributed by atoms with Crippen molar-refractivity contribution in [1.82, 2.24) is 0 Å². The van der Waals surface area contributed by atoms with E-state index in [-0.39, 0.29) is 23.7 Å². The van der Waals surface area contributed by atoms with Gasteiger partial charge in [-0.05, 0) is 86.1 Å². The fourth-order valence-electron chi connectivity index (χ4n) is 3.76. The van der Waals surface area contributed by atoms with Crippen LogP contribution in [0.4, 0.5) is 11.4 Å². The molecule has 0 unspecified atom stereocenters. The summed E-state index contributed by atoms with van der Waals surface area (Å²) in [4.78, 5) is 24.8. The van der Waals surface area contributed by atoms with Crippen molar-refractivity contribution in [2.24, 2.45) is 11.8 Å². The van der Waals surface area contributed by atoms with Gasteiger partial charge in [-0.3, -0.25) is 9.59 Å². The van der Waals surface area contributed by atoms with Gasteiger partial charge in [0.25, 0.3) is 0 Å². The smallest absolute Gasteiger partial charge is 0.227 e. The average Bonchev–Trinajstić information content (AvgIpc) is 2.72. The molecule has 0 aliphatic carbocycles. The molecule has 0 radical (unpaired) electrons. The van der Waals surface area contributed by atoms with Gasteiger partial charge in [0.05, 0.1) is 0 Å². The highest BCUT2D eigenvalue weighted by Gasteiger charge is 2.16. The summed E-state index contributed by atoms with van der Waals surface area (Å²) in [5.74, 6) is 0.275. The predicted molar refractivity (Wildman–Crippen MR) is 127 cm³/mol. The lowest BCUT2D eigenvalue weighted by atomic mass is 9.98. The Morgan fingerprint density at radius 3 is 1.27 bits per heavy atom. The Morgan fingerprint density at radius 2 is 1.00 bits per heavy atom. The van der Waals surface area contributed by atoms with Crippen LogP contribution in [-0.2, 0) is 9.59 Å². The monoisotopic (exact) mass is 408 g/mol. The van der Waals surface area contributed by atoms with E-state index in [9.17, 15) is 9.59 Å². The third-order valence-electron chi connectivity index (χ3n) is 6.01. The molecule has 30 heavy (non-hydrogen) atoms. The molecule has 2 amide bonds. The zero-order chi connectivity index (χ0) is 22.3. The first-order chi connectivity index (χ1) is 14.3. The molecule has 0 aromatic heterocycles. The van der Waals surface area contributed by atoms with Crippen LogP contribution in [0.15, 0.2) is 36.4 Å². The molecule has 4 heteroatoms. The summed E-state index contributed by atoms with van der Waals surface area (Å²) in [7, 11) is 0. The highest BCUT2D eigenvalue weighted by atomic mass is 16.2. The molecule has 2 rings (SSSR count). The highest BCUT2D eigenvalue weighted by molar-refractivity contribution is 5.94. The lowest BCUT2D eigenvalue weighted by molar-refractivity contribution is -0.120. The zero-order valence-electron chi connectivity index (χ0n) is 19.3. The van der Waals surface area contributed by atoms with Crippen LogP contribution < -0.4 is 10.6 Å². The van der Waals surface area contributed by atoms with E-state index in [4.69, 9.17) is 0 Å². The molecule has 0 atom stereocenters. The first-order valence-electron chi connectivity index (χ1n) is 11.2. The minimum Gasteiger partial charge on any atom is -0.326 e. The van der Waals surface area contributed by atoms with Crippen molar-refractivity contribution < 1.29 is 9.59 Å². The summed E-state index contributed by atoms with van der Waals surface area (Å²) < 4.78 is 0. The van der Waals surface area contributed by atoms with Crippen molar-refractivity contribution >= 4 is 23.2 Å². The number of carbonyl (C=O) groups is 2. The van der Waals surface area contributed by atoms with Crippen LogP contribution in [-0.4, -0.2) is 11.8 Å². The molecule has 2 aromatic rings. The second kappa shape index (κ2) is 11.0. The number of hydrogen-bond donors (Lipinski definition) is 2. The second-order valence-corrected chi connectivity index (χ2v) is 8.06. The third kappa shape index (κ3) is 5.71. The van der Waals surface area contributed by atoms with E-state index >= 15 is 0 Å². The van der Waals surface area contributed by atoms with E-state index in [1.807, 2.05) is 65.8 Å². The summed E-state index contributed by atoms with van der Waals surface area (Å²) in [5.41, 5.74) is 5.98. The number of amides is 2. The van der Waals surface area contributed by atoms with Crippen LogP contribution in [0.5, 0.6) is 0 Å². The summed E-state index contributed by atoms with van der Waals surface area (Å²) >= 11 is 0. The Hall–Kier alpha value is -2.62. The van der Waals surface area contributed by atoms with Crippen LogP contribution in [0, 0.1) is 25.7 Å². The molecule has 0 heterocycles. The summed E-state index contributed by atoms with van der Waals surface area (Å²) in [6.07, 6.45) is 3.38. The van der Waals surface area contributed by atoms with Gasteiger partial charge in [-0.2, -0.15) is 0 Å². The quantitative estimate of drug-likeness (QED) is 0.484. The van der Waals surface area contributed by atoms with Crippen molar-refractivity contribution in [1.29, 1.82) is 0 Å². The Labute approximate surface area is 181 Å². The number of hydrogen-bond acceptors (Lipinski definition) is 2. The lowest BCUT2D eigenvalue weighted by Crippen LogP contribution is -2.22. The topological polar surface area (TPSA) is 58.2 Å². The van der Waals surface area contributed by atoms with E-state index in [0.29, 0.717) is 0 Å². The molecule has 0 fully saturated rings. The summed E-state index contributed by atoms with van der Waals surface area (Å²) in [5, 5.41) is 6.14. The molecule has 2 N–H and O–H groups in total. The van der Waals surface area contributed by atoms with Gasteiger partial charge in [0.15, 0.2) is 0 Å². The second-order valence-electron chi connectivity index (χ2n) is 8.06. The van der Waals surface area contributed by atoms with Crippen molar-refractivity contribution in [2.45, 2.75) is 67.2 Å². The van der Waals surface area contributed by atoms with Crippen LogP contribution in [0.2, 0.25) is 0 Å². The first-order valence-corrected chi connectivity index (χ1v) is 11.2. The summed E-state index contributed by atoms with van der Waals surface area (Å²) in [6.45, 7) is 12.2. The maximum atomic E-state index is 12.4. The molecule has 0 saturated heterocycles. The summed E-state index contributed by atoms with van der Waals surface area (Å²) in [6, 6.07) is 12.2. The van der Waals surface area contributed by atoms with E-state index < -0.39 is 0 Å². The van der Waals surface area contributed by atoms with Crippen molar-refractivity contribution in [3.05, 3.63) is 47.5 Å². The number of benzene rings is 2. The molecular formula is C26H36N2O2. The molecule has 0 spiro atoms. The van der Waals surface area contributed by atoms with Gasteiger partial charge in [-0.25, -0.2) is 0 Å². The first kappa shape index (κ1) is 23.7. The zero-order valence-corrected chi connectivity index (χ0v) is 19.3. The van der Waals surface area contributed by atoms with Gasteiger partial charge < -0.3 is 10.6 Å². The normalized spacial score (nSPS) is 11.1. The average molecular weight is 409 g/mol. The number of carbonyl (C=O) groups excluding carboxylic acids is 2. The molecule has 0 aliphatic heterocycles. The minimum atomic E-state index is 0.0505. The van der Waals surface area contributed by atoms with E-state index in [2.05, 4.69) is 22.8 Å². The third-order valence-corrected chi connectivity index (χ3v) is 6.01. The van der Waals surface area contributed by atoms with E-state index in [1.54, 1.807) is 0 Å². The van der Waals surface area contributed by atoms with Gasteiger partial charge in [-0.1, -0.05) is 39.8 Å². The molecule has 162 valence electrons. The Kier molecular flexibility index (Phi) is 8.64. The highest BCUT2D eigenvalue weighted by Crippen LogP contribution is 2.29. The van der Waals surface area contributed by atoms with Crippen molar-refractivity contribution in [2.75, 3.05) is 10.6 Å². The minimum absolute atomic E-state index is 0.0505. The van der Waals surface area contributed by atoms with Crippen LogP contribution in [0.3, 0.4) is 0 Å². The van der Waals surface area contributed by atoms with Gasteiger partial charge in [0, 0.05) is 23.2 Å². The maximum absolute atomic E-state index is 12.4. The van der Waals surface area contributed by atoms with Crippen molar-refractivity contribution in [3.63, 3.8) is 0 Å². The fraction of sp³-hybridized carbons (Fsp3) is 0.462. The van der Waals surface area contributed by atoms with Crippen molar-refractivity contribution in [3.8, 4) is 11.1 Å². The van der Waals surface area contributed by atoms with Gasteiger partial charge in [-0.15, -0.1) is 0 Å². The van der Waals surface area contributed by atoms with Gasteiger partial charge in [0.2, 0.25) is 11.8 Å². The van der Waals surface area contributed by atoms with Crippen LogP contribution in [0.25, 0.3) is 11.1 Å². The number of rotatable bonds is 9. The molecule has 0 aliphatic rings. The maximum Gasteiger partial charge on any atom is 0.227 e. The lowest BCUT2D eigenvalue weighted by Gasteiger charge is -2.16. The molecule has 0 bridgehead atoms. The van der Waals surface area contributed by atoms with E-state index in [0.717, 1.165) is 59.3 Å². The number of nitrogens with one attached hydrogen (secondary N) is 2. The molecule has 4 nitrogen and oxygen atoms in total. The van der Waals surface area contributed by atoms with Crippen LogP contribution >= 0.6 is 0 Å². The Bertz CT molecular complexity index is 807. The molecule has 2 aromatic carbocycles. The largest absolute Gasteiger partial charge is 0.326 e. The fourth-order valence-corrected chi connectivity index (χ4v) is 3.76. The van der Waals surface area contributed by atoms with E-state index in [1.165, 1.54) is 0 Å². The SMILES string of the molecule is CCC(CC)C(=O)Nc1ccc(-c2ccc(NC(=O)C(CC)CC)c(C)c2)cc1C. The number of anilines is 2. The Balaban J connectivity index is 2.18. The Morgan fingerprint density at radius 1 is 0.667 bits per heavy atom.